The molecule has 0 spiro atoms. The number of pyridine rings is 1. The van der Waals surface area contributed by atoms with Crippen LogP contribution in [0.2, 0.25) is 0 Å². The number of amides is 2. The summed E-state index contributed by atoms with van der Waals surface area (Å²) in [7, 11) is 0. The Morgan fingerprint density at radius 2 is 1.88 bits per heavy atom. The molecule has 32 heavy (non-hydrogen) atoms. The predicted octanol–water partition coefficient (Wildman–Crippen LogP) is 2.10. The van der Waals surface area contributed by atoms with Gasteiger partial charge in [-0.15, -0.1) is 0 Å². The molecule has 2 amide bonds. The van der Waals surface area contributed by atoms with Gasteiger partial charge in [0.05, 0.1) is 11.1 Å². The number of aromatic amines is 1. The van der Waals surface area contributed by atoms with Gasteiger partial charge < -0.3 is 15.6 Å². The highest BCUT2D eigenvalue weighted by atomic mass is 19.1. The first-order valence-electron chi connectivity index (χ1n) is 10.4. The number of piperazine rings is 1. The number of nitrogens with one attached hydrogen (secondary N) is 1. The minimum atomic E-state index is -1.07. The Bertz CT molecular complexity index is 1190. The van der Waals surface area contributed by atoms with Crippen molar-refractivity contribution in [2.24, 2.45) is 5.73 Å². The number of hydrogen-bond donors (Lipinski definition) is 2. The average molecular weight is 437 g/mol. The summed E-state index contributed by atoms with van der Waals surface area (Å²) < 4.78 is 13.2. The molecule has 0 unspecified atom stereocenters. The van der Waals surface area contributed by atoms with Crippen LogP contribution in [0.1, 0.15) is 40.1 Å². The number of fused-ring (bicyclic) bond motifs is 1. The lowest BCUT2D eigenvalue weighted by molar-refractivity contribution is -0.114. The summed E-state index contributed by atoms with van der Waals surface area (Å²) in [6, 6.07) is 8.04. The highest BCUT2D eigenvalue weighted by Crippen LogP contribution is 2.23. The maximum Gasteiger partial charge on any atom is 0.289 e. The number of benzene rings is 1. The number of nitrogens with two attached hydrogens (primary N) is 1. The number of H-pyrrole nitrogens is 1. The van der Waals surface area contributed by atoms with Crippen LogP contribution in [-0.2, 0) is 11.3 Å². The number of nitrogens with zero attached hydrogens (tertiary/aromatic N) is 3. The van der Waals surface area contributed by atoms with E-state index < -0.39 is 11.7 Å². The van der Waals surface area contributed by atoms with Crippen molar-refractivity contribution < 1.29 is 18.8 Å². The standard InChI is InChI=1S/C23H24FN5O3/c1-13-11-29(14(2)10-28(13)12-15-3-5-17(24)6-4-15)23(32)16-7-18-19(20(30)21(25)31)9-27-22(18)26-8-16/h3-9,13-14H,10-12H2,1-2H3,(H2,25,31)(H,26,27)/t13-,14+/m0/s1. The Labute approximate surface area is 184 Å². The summed E-state index contributed by atoms with van der Waals surface area (Å²) in [5.74, 6) is -2.36. The third-order valence-electron chi connectivity index (χ3n) is 5.92. The van der Waals surface area contributed by atoms with Crippen LogP contribution < -0.4 is 5.73 Å². The largest absolute Gasteiger partial charge is 0.363 e. The molecular weight excluding hydrogens is 413 g/mol. The van der Waals surface area contributed by atoms with Gasteiger partial charge in [-0.25, -0.2) is 9.37 Å². The van der Waals surface area contributed by atoms with Crippen molar-refractivity contribution in [2.75, 3.05) is 13.1 Å². The number of aromatic nitrogens is 2. The molecule has 3 heterocycles. The van der Waals surface area contributed by atoms with E-state index in [1.54, 1.807) is 23.1 Å². The molecule has 2 aromatic heterocycles. The topological polar surface area (TPSA) is 112 Å². The van der Waals surface area contributed by atoms with Gasteiger partial charge in [0.2, 0.25) is 0 Å². The number of carbonyl (C=O) groups excluding carboxylic acids is 3. The number of primary amides is 1. The van der Waals surface area contributed by atoms with Gasteiger partial charge in [-0.05, 0) is 37.6 Å². The van der Waals surface area contributed by atoms with Crippen LogP contribution in [0.15, 0.2) is 42.7 Å². The second kappa shape index (κ2) is 8.51. The fraction of sp³-hybridized carbons (Fsp3) is 0.304. The van der Waals surface area contributed by atoms with Crippen molar-refractivity contribution in [2.45, 2.75) is 32.5 Å². The van der Waals surface area contributed by atoms with Crippen LogP contribution in [0.4, 0.5) is 4.39 Å². The minimum absolute atomic E-state index is 0.0622. The molecule has 1 fully saturated rings. The van der Waals surface area contributed by atoms with E-state index in [4.69, 9.17) is 5.73 Å². The number of carbonyl (C=O) groups is 3. The predicted molar refractivity (Wildman–Crippen MR) is 116 cm³/mol. The third-order valence-corrected chi connectivity index (χ3v) is 5.92. The number of rotatable bonds is 5. The molecule has 0 bridgehead atoms. The number of hydrogen-bond acceptors (Lipinski definition) is 5. The molecule has 1 saturated heterocycles. The molecular formula is C23H24FN5O3. The molecule has 3 N–H and O–H groups in total. The van der Waals surface area contributed by atoms with Crippen molar-refractivity contribution in [3.63, 3.8) is 0 Å². The van der Waals surface area contributed by atoms with E-state index in [9.17, 15) is 18.8 Å². The molecule has 0 aliphatic carbocycles. The monoisotopic (exact) mass is 437 g/mol. The zero-order valence-corrected chi connectivity index (χ0v) is 17.8. The third kappa shape index (κ3) is 4.11. The summed E-state index contributed by atoms with van der Waals surface area (Å²) in [6.07, 6.45) is 2.83. The molecule has 2 atom stereocenters. The normalized spacial score (nSPS) is 19.3. The maximum absolute atomic E-state index is 13.3. The molecule has 166 valence electrons. The quantitative estimate of drug-likeness (QED) is 0.469. The van der Waals surface area contributed by atoms with Crippen LogP contribution in [0.5, 0.6) is 0 Å². The molecule has 0 saturated carbocycles. The number of Topliss-reactive ketones (excluding diaryl/α,β-unsaturated/α-hetero) is 1. The number of ketones is 1. The van der Waals surface area contributed by atoms with E-state index in [1.807, 2.05) is 13.8 Å². The van der Waals surface area contributed by atoms with Gasteiger partial charge in [-0.1, -0.05) is 12.1 Å². The summed E-state index contributed by atoms with van der Waals surface area (Å²) in [6.45, 7) is 5.87. The lowest BCUT2D eigenvalue weighted by Crippen LogP contribution is -2.57. The van der Waals surface area contributed by atoms with Crippen molar-refractivity contribution in [3.8, 4) is 0 Å². The number of halogens is 1. The van der Waals surface area contributed by atoms with Gasteiger partial charge in [0.25, 0.3) is 17.6 Å². The molecule has 1 aliphatic rings. The second-order valence-corrected chi connectivity index (χ2v) is 8.23. The molecule has 0 radical (unpaired) electrons. The van der Waals surface area contributed by atoms with E-state index >= 15 is 0 Å². The van der Waals surface area contributed by atoms with E-state index in [2.05, 4.69) is 14.9 Å². The van der Waals surface area contributed by atoms with E-state index in [0.29, 0.717) is 36.2 Å². The van der Waals surface area contributed by atoms with Crippen molar-refractivity contribution >= 4 is 28.6 Å². The zero-order valence-electron chi connectivity index (χ0n) is 17.8. The fourth-order valence-corrected chi connectivity index (χ4v) is 4.13. The first-order chi connectivity index (χ1) is 15.2. The first-order valence-corrected chi connectivity index (χ1v) is 10.4. The Morgan fingerprint density at radius 3 is 2.56 bits per heavy atom. The summed E-state index contributed by atoms with van der Waals surface area (Å²) >= 11 is 0. The van der Waals surface area contributed by atoms with Crippen LogP contribution in [-0.4, -0.2) is 62.5 Å². The second-order valence-electron chi connectivity index (χ2n) is 8.23. The molecule has 3 aromatic rings. The van der Waals surface area contributed by atoms with Crippen LogP contribution in [0.25, 0.3) is 11.0 Å². The molecule has 9 heteroatoms. The van der Waals surface area contributed by atoms with Gasteiger partial charge in [-0.2, -0.15) is 0 Å². The SMILES string of the molecule is C[C@@H]1CN(Cc2ccc(F)cc2)[C@@H](C)CN1C(=O)c1cnc2[nH]cc(C(=O)C(N)=O)c2c1. The minimum Gasteiger partial charge on any atom is -0.363 e. The van der Waals surface area contributed by atoms with Crippen LogP contribution in [0.3, 0.4) is 0 Å². The highest BCUT2D eigenvalue weighted by molar-refractivity contribution is 6.44. The fourth-order valence-electron chi connectivity index (χ4n) is 4.13. The van der Waals surface area contributed by atoms with Crippen LogP contribution in [0, 0.1) is 5.82 Å². The van der Waals surface area contributed by atoms with E-state index in [0.717, 1.165) is 5.56 Å². The zero-order chi connectivity index (χ0) is 23.0. The van der Waals surface area contributed by atoms with Crippen molar-refractivity contribution in [1.29, 1.82) is 0 Å². The molecule has 1 aliphatic heterocycles. The van der Waals surface area contributed by atoms with Gasteiger partial charge in [0.15, 0.2) is 0 Å². The van der Waals surface area contributed by atoms with Crippen molar-refractivity contribution in [1.82, 2.24) is 19.8 Å². The Hall–Kier alpha value is -3.59. The van der Waals surface area contributed by atoms with E-state index in [1.165, 1.54) is 24.5 Å². The van der Waals surface area contributed by atoms with Gasteiger partial charge in [-0.3, -0.25) is 19.3 Å². The maximum atomic E-state index is 13.3. The van der Waals surface area contributed by atoms with E-state index in [-0.39, 0.29) is 29.4 Å². The first kappa shape index (κ1) is 21.6. The highest BCUT2D eigenvalue weighted by Gasteiger charge is 2.33. The average Bonchev–Trinajstić information content (AvgIpc) is 3.19. The van der Waals surface area contributed by atoms with Crippen LogP contribution >= 0.6 is 0 Å². The lowest BCUT2D eigenvalue weighted by Gasteiger charge is -2.44. The van der Waals surface area contributed by atoms with Crippen molar-refractivity contribution in [3.05, 3.63) is 65.2 Å². The summed E-state index contributed by atoms with van der Waals surface area (Å²) in [5.41, 5.74) is 6.97. The Kier molecular flexibility index (Phi) is 5.75. The lowest BCUT2D eigenvalue weighted by atomic mass is 10.0. The van der Waals surface area contributed by atoms with Gasteiger partial charge >= 0.3 is 0 Å². The molecule has 1 aromatic carbocycles. The Morgan fingerprint density at radius 1 is 1.16 bits per heavy atom. The Balaban J connectivity index is 1.53. The summed E-state index contributed by atoms with van der Waals surface area (Å²) in [5, 5.41) is 0.385. The van der Waals surface area contributed by atoms with Gasteiger partial charge in [0, 0.05) is 49.5 Å². The molecule has 4 rings (SSSR count). The molecule has 8 nitrogen and oxygen atoms in total. The smallest absolute Gasteiger partial charge is 0.289 e. The summed E-state index contributed by atoms with van der Waals surface area (Å²) in [4.78, 5) is 47.7. The van der Waals surface area contributed by atoms with Gasteiger partial charge in [0.1, 0.15) is 11.5 Å².